The van der Waals surface area contributed by atoms with Gasteiger partial charge in [-0.2, -0.15) is 0 Å². The maximum Gasteiger partial charge on any atom is 0.274 e. The van der Waals surface area contributed by atoms with E-state index in [1.165, 1.54) is 7.11 Å². The number of aliphatic hydroxyl groups is 1. The third-order valence-electron chi connectivity index (χ3n) is 7.74. The number of hydrogen-bond donors (Lipinski definition) is 5. The molecule has 252 valence electrons. The Morgan fingerprint density at radius 3 is 2.58 bits per heavy atom. The summed E-state index contributed by atoms with van der Waals surface area (Å²) in [7, 11) is 3.07. The first-order valence-electron chi connectivity index (χ1n) is 15.4. The van der Waals surface area contributed by atoms with Gasteiger partial charge in [0.1, 0.15) is 11.4 Å². The molecular formula is C34H37Cl2N7O5. The monoisotopic (exact) mass is 693 g/mol. The van der Waals surface area contributed by atoms with Crippen molar-refractivity contribution in [3.8, 4) is 34.1 Å². The number of rotatable bonds is 14. The van der Waals surface area contributed by atoms with Gasteiger partial charge in [0.25, 0.3) is 5.91 Å². The SMILES string of the molecule is COc1cc(C(=O)Nc2cccc(-c3nccc(-c4ccc(CNC[C@@H]5CCC(=O)N5)c(OC)n4)c3Cl)c2Cl)ncc1CNC[C@H](C)O. The van der Waals surface area contributed by atoms with Gasteiger partial charge in [0.2, 0.25) is 11.8 Å². The van der Waals surface area contributed by atoms with Crippen molar-refractivity contribution in [2.24, 2.45) is 0 Å². The van der Waals surface area contributed by atoms with E-state index in [2.05, 4.69) is 31.2 Å². The van der Waals surface area contributed by atoms with Crippen molar-refractivity contribution in [1.29, 1.82) is 0 Å². The molecule has 0 spiro atoms. The van der Waals surface area contributed by atoms with Crippen LogP contribution in [0.1, 0.15) is 41.4 Å². The lowest BCUT2D eigenvalue weighted by molar-refractivity contribution is -0.119. The number of anilines is 1. The van der Waals surface area contributed by atoms with Crippen LogP contribution in [0.2, 0.25) is 10.0 Å². The largest absolute Gasteiger partial charge is 0.496 e. The first-order valence-corrected chi connectivity index (χ1v) is 16.1. The van der Waals surface area contributed by atoms with Crippen LogP contribution in [0.15, 0.2) is 54.9 Å². The zero-order valence-electron chi connectivity index (χ0n) is 26.8. The summed E-state index contributed by atoms with van der Waals surface area (Å²) in [6, 6.07) is 12.4. The van der Waals surface area contributed by atoms with Gasteiger partial charge in [-0.25, -0.2) is 4.98 Å². The average molecular weight is 695 g/mol. The molecule has 1 aromatic carbocycles. The van der Waals surface area contributed by atoms with Crippen LogP contribution in [0.5, 0.6) is 11.6 Å². The van der Waals surface area contributed by atoms with Crippen LogP contribution in [0, 0.1) is 0 Å². The van der Waals surface area contributed by atoms with E-state index >= 15 is 0 Å². The predicted octanol–water partition coefficient (Wildman–Crippen LogP) is 4.62. The van der Waals surface area contributed by atoms with E-state index in [1.807, 2.05) is 12.1 Å². The molecule has 0 saturated carbocycles. The van der Waals surface area contributed by atoms with Crippen molar-refractivity contribution in [2.75, 3.05) is 32.6 Å². The molecule has 14 heteroatoms. The maximum absolute atomic E-state index is 13.2. The standard InChI is InChI=1S/C34H37Cl2N7O5/c1-19(44)14-37-16-21-17-40-27(13-28(21)47-2)33(46)42-26-6-4-5-24(30(26)35)32-31(36)23(11-12-39-32)25-9-7-20(34(43-25)48-3)15-38-18-22-8-10-29(45)41-22/h4-7,9,11-13,17,19,22,37-38,44H,8,10,14-16,18H2,1-3H3,(H,41,45)(H,42,46)/t19-,22-/m0/s1. The summed E-state index contributed by atoms with van der Waals surface area (Å²) in [6.07, 6.45) is 4.04. The highest BCUT2D eigenvalue weighted by Crippen LogP contribution is 2.40. The maximum atomic E-state index is 13.2. The Morgan fingerprint density at radius 2 is 1.85 bits per heavy atom. The van der Waals surface area contributed by atoms with Crippen molar-refractivity contribution >= 4 is 40.7 Å². The molecule has 1 aliphatic heterocycles. The van der Waals surface area contributed by atoms with Crippen LogP contribution in [-0.2, 0) is 17.9 Å². The minimum atomic E-state index is -0.498. The van der Waals surface area contributed by atoms with Gasteiger partial charge in [0, 0.05) is 79.4 Å². The zero-order valence-corrected chi connectivity index (χ0v) is 28.3. The summed E-state index contributed by atoms with van der Waals surface area (Å²) < 4.78 is 11.1. The topological polar surface area (TPSA) is 160 Å². The molecule has 0 radical (unpaired) electrons. The lowest BCUT2D eigenvalue weighted by Crippen LogP contribution is -2.35. The number of amides is 2. The Balaban J connectivity index is 1.33. The summed E-state index contributed by atoms with van der Waals surface area (Å²) in [5.41, 5.74) is 4.21. The van der Waals surface area contributed by atoms with Crippen LogP contribution in [0.3, 0.4) is 0 Å². The Hall–Kier alpha value is -4.33. The Labute approximate surface area is 288 Å². The number of aliphatic hydroxyl groups excluding tert-OH is 1. The van der Waals surface area contributed by atoms with Crippen molar-refractivity contribution in [3.05, 3.63) is 81.7 Å². The van der Waals surface area contributed by atoms with Gasteiger partial charge in [-0.15, -0.1) is 0 Å². The van der Waals surface area contributed by atoms with Gasteiger partial charge in [-0.05, 0) is 31.5 Å². The second kappa shape index (κ2) is 16.2. The van der Waals surface area contributed by atoms with Gasteiger partial charge >= 0.3 is 0 Å². The number of halogens is 2. The molecule has 1 fully saturated rings. The predicted molar refractivity (Wildman–Crippen MR) is 184 cm³/mol. The molecule has 1 saturated heterocycles. The summed E-state index contributed by atoms with van der Waals surface area (Å²) in [4.78, 5) is 38.2. The van der Waals surface area contributed by atoms with Crippen molar-refractivity contribution < 1.29 is 24.2 Å². The lowest BCUT2D eigenvalue weighted by Gasteiger charge is -2.15. The van der Waals surface area contributed by atoms with E-state index in [0.29, 0.717) is 77.5 Å². The number of nitrogens with one attached hydrogen (secondary N) is 4. The highest BCUT2D eigenvalue weighted by atomic mass is 35.5. The van der Waals surface area contributed by atoms with Gasteiger partial charge in [-0.3, -0.25) is 19.6 Å². The van der Waals surface area contributed by atoms with E-state index in [0.717, 1.165) is 17.5 Å². The summed E-state index contributed by atoms with van der Waals surface area (Å²) in [5, 5.41) is 22.3. The highest BCUT2D eigenvalue weighted by molar-refractivity contribution is 6.39. The fraction of sp³-hybridized carbons (Fsp3) is 0.324. The molecule has 12 nitrogen and oxygen atoms in total. The number of hydrogen-bond acceptors (Lipinski definition) is 10. The molecular weight excluding hydrogens is 657 g/mol. The van der Waals surface area contributed by atoms with Crippen LogP contribution in [0.25, 0.3) is 22.5 Å². The van der Waals surface area contributed by atoms with E-state index in [-0.39, 0.29) is 22.7 Å². The summed E-state index contributed by atoms with van der Waals surface area (Å²) >= 11 is 13.8. The lowest BCUT2D eigenvalue weighted by atomic mass is 10.1. The molecule has 5 rings (SSSR count). The third kappa shape index (κ3) is 8.38. The molecule has 4 aromatic rings. The first-order chi connectivity index (χ1) is 23.2. The van der Waals surface area contributed by atoms with E-state index in [9.17, 15) is 14.7 Å². The first kappa shape index (κ1) is 35.0. The molecule has 0 aliphatic carbocycles. The van der Waals surface area contributed by atoms with Crippen molar-refractivity contribution in [3.63, 3.8) is 0 Å². The smallest absolute Gasteiger partial charge is 0.274 e. The van der Waals surface area contributed by atoms with Crippen LogP contribution >= 0.6 is 23.2 Å². The third-order valence-corrected chi connectivity index (χ3v) is 8.53. The highest BCUT2D eigenvalue weighted by Gasteiger charge is 2.22. The molecule has 0 unspecified atom stereocenters. The van der Waals surface area contributed by atoms with Crippen LogP contribution in [-0.4, -0.2) is 71.3 Å². The molecule has 2 amide bonds. The molecule has 0 bridgehead atoms. The minimum absolute atomic E-state index is 0.0794. The number of methoxy groups -OCH3 is 2. The fourth-order valence-electron chi connectivity index (χ4n) is 5.30. The summed E-state index contributed by atoms with van der Waals surface area (Å²) in [5.74, 6) is 0.523. The van der Waals surface area contributed by atoms with Crippen molar-refractivity contribution in [1.82, 2.24) is 30.9 Å². The van der Waals surface area contributed by atoms with Gasteiger partial charge < -0.3 is 35.8 Å². The second-order valence-corrected chi connectivity index (χ2v) is 12.1. The Kier molecular flexibility index (Phi) is 11.8. The Morgan fingerprint density at radius 1 is 1.04 bits per heavy atom. The Bertz CT molecular complexity index is 1790. The number of carbonyl (C=O) groups excluding carboxylic acids is 2. The zero-order chi connectivity index (χ0) is 34.2. The van der Waals surface area contributed by atoms with E-state index in [1.54, 1.807) is 56.8 Å². The van der Waals surface area contributed by atoms with E-state index < -0.39 is 12.0 Å². The number of aromatic nitrogens is 3. The van der Waals surface area contributed by atoms with Crippen LogP contribution in [0.4, 0.5) is 5.69 Å². The van der Waals surface area contributed by atoms with Gasteiger partial charge in [0.15, 0.2) is 0 Å². The number of ether oxygens (including phenoxy) is 2. The second-order valence-electron chi connectivity index (χ2n) is 11.3. The number of carbonyl (C=O) groups is 2. The van der Waals surface area contributed by atoms with Crippen molar-refractivity contribution in [2.45, 2.75) is 45.0 Å². The van der Waals surface area contributed by atoms with Crippen LogP contribution < -0.4 is 30.7 Å². The summed E-state index contributed by atoms with van der Waals surface area (Å²) in [6.45, 7) is 3.67. The number of benzene rings is 1. The molecule has 1 aliphatic rings. The number of pyridine rings is 3. The molecule has 4 heterocycles. The minimum Gasteiger partial charge on any atom is -0.496 e. The normalized spacial score (nSPS) is 14.8. The molecule has 3 aromatic heterocycles. The molecule has 48 heavy (non-hydrogen) atoms. The molecule has 2 atom stereocenters. The van der Waals surface area contributed by atoms with Gasteiger partial charge in [0.05, 0.1) is 47.4 Å². The molecule has 5 N–H and O–H groups in total. The fourth-order valence-corrected chi connectivity index (χ4v) is 5.87. The quantitative estimate of drug-likeness (QED) is 0.126. The average Bonchev–Trinajstić information content (AvgIpc) is 3.50. The van der Waals surface area contributed by atoms with Gasteiger partial charge in [-0.1, -0.05) is 41.4 Å². The number of nitrogens with zero attached hydrogens (tertiary/aromatic N) is 3. The van der Waals surface area contributed by atoms with E-state index in [4.69, 9.17) is 37.7 Å².